The van der Waals surface area contributed by atoms with Crippen LogP contribution >= 0.6 is 0 Å². The number of hydrogen-bond donors (Lipinski definition) is 1. The van der Waals surface area contributed by atoms with Crippen LogP contribution in [0.1, 0.15) is 26.1 Å². The van der Waals surface area contributed by atoms with Gasteiger partial charge in [-0.2, -0.15) is 0 Å². The van der Waals surface area contributed by atoms with E-state index >= 15 is 0 Å². The van der Waals surface area contributed by atoms with E-state index in [1.54, 1.807) is 0 Å². The summed E-state index contributed by atoms with van der Waals surface area (Å²) in [4.78, 5) is 4.26. The molecule has 1 aromatic heterocycles. The van der Waals surface area contributed by atoms with Crippen molar-refractivity contribution in [3.63, 3.8) is 0 Å². The van der Waals surface area contributed by atoms with Gasteiger partial charge in [-0.15, -0.1) is 0 Å². The van der Waals surface area contributed by atoms with Crippen LogP contribution in [0.15, 0.2) is 18.5 Å². The topological polar surface area (TPSA) is 29.9 Å². The first kappa shape index (κ1) is 11.0. The number of hydrogen-bond acceptors (Lipinski definition) is 2. The molecule has 0 saturated carbocycles. The van der Waals surface area contributed by atoms with Crippen molar-refractivity contribution in [3.8, 4) is 0 Å². The Bertz CT molecular complexity index is 276. The van der Waals surface area contributed by atoms with Gasteiger partial charge in [0.05, 0.1) is 0 Å². The Kier molecular flexibility index (Phi) is 5.00. The Morgan fingerprint density at radius 1 is 1.50 bits per heavy atom. The van der Waals surface area contributed by atoms with Gasteiger partial charge in [-0.25, -0.2) is 4.98 Å². The molecule has 0 atom stereocenters. The van der Waals surface area contributed by atoms with Crippen molar-refractivity contribution in [1.82, 2.24) is 14.9 Å². The fourth-order valence-corrected chi connectivity index (χ4v) is 1.30. The molecular weight excluding hydrogens is 174 g/mol. The fraction of sp³-hybridized carbons (Fsp3) is 0.545. The van der Waals surface area contributed by atoms with Gasteiger partial charge in [-0.1, -0.05) is 13.0 Å². The van der Waals surface area contributed by atoms with Crippen LogP contribution in [0.2, 0.25) is 0 Å². The summed E-state index contributed by atoms with van der Waals surface area (Å²) in [5.74, 6) is 1.05. The Labute approximate surface area is 85.8 Å². The summed E-state index contributed by atoms with van der Waals surface area (Å²) in [5, 5.41) is 3.28. The molecule has 0 aliphatic heterocycles. The second kappa shape index (κ2) is 6.38. The number of aromatic nitrogens is 2. The molecule has 1 aromatic rings. The molecule has 14 heavy (non-hydrogen) atoms. The van der Waals surface area contributed by atoms with Crippen molar-refractivity contribution in [2.45, 2.75) is 26.8 Å². The highest BCUT2D eigenvalue weighted by atomic mass is 15.0. The summed E-state index contributed by atoms with van der Waals surface area (Å²) >= 11 is 0. The minimum Gasteiger partial charge on any atom is -0.332 e. The number of nitrogens with one attached hydrogen (secondary N) is 1. The lowest BCUT2D eigenvalue weighted by molar-refractivity contribution is 0.726. The van der Waals surface area contributed by atoms with Crippen LogP contribution < -0.4 is 5.32 Å². The molecule has 3 heteroatoms. The zero-order valence-electron chi connectivity index (χ0n) is 9.03. The molecule has 0 aliphatic rings. The second-order valence-corrected chi connectivity index (χ2v) is 3.12. The van der Waals surface area contributed by atoms with E-state index in [-0.39, 0.29) is 0 Å². The minimum atomic E-state index is 0.979. The number of aryl methyl sites for hydroxylation is 1. The summed E-state index contributed by atoms with van der Waals surface area (Å²) < 4.78 is 2.13. The molecule has 1 rings (SSSR count). The van der Waals surface area contributed by atoms with Crippen LogP contribution in [0.5, 0.6) is 0 Å². The second-order valence-electron chi connectivity index (χ2n) is 3.12. The minimum absolute atomic E-state index is 0.979. The summed E-state index contributed by atoms with van der Waals surface area (Å²) in [5.41, 5.74) is 0. The zero-order valence-corrected chi connectivity index (χ0v) is 9.03. The summed E-state index contributed by atoms with van der Waals surface area (Å²) in [7, 11) is 0. The molecule has 0 aromatic carbocycles. The average Bonchev–Trinajstić information content (AvgIpc) is 2.65. The lowest BCUT2D eigenvalue weighted by Gasteiger charge is -1.99. The van der Waals surface area contributed by atoms with E-state index in [1.807, 2.05) is 12.4 Å². The molecule has 78 valence electrons. The summed E-state index contributed by atoms with van der Waals surface area (Å²) in [6, 6.07) is 0. The van der Waals surface area contributed by atoms with Crippen molar-refractivity contribution in [1.29, 1.82) is 0 Å². The monoisotopic (exact) mass is 193 g/mol. The van der Waals surface area contributed by atoms with Crippen molar-refractivity contribution in [2.75, 3.05) is 13.1 Å². The van der Waals surface area contributed by atoms with Crippen LogP contribution in [-0.4, -0.2) is 22.6 Å². The lowest BCUT2D eigenvalue weighted by atomic mass is 10.3. The SMILES string of the molecule is CCNCCC=Cc1nccn1CC. The number of rotatable bonds is 6. The molecule has 0 spiro atoms. The normalized spacial score (nSPS) is 11.3. The van der Waals surface area contributed by atoms with Gasteiger partial charge in [-0.3, -0.25) is 0 Å². The smallest absolute Gasteiger partial charge is 0.132 e. The molecule has 1 N–H and O–H groups in total. The Hall–Kier alpha value is -1.09. The maximum absolute atomic E-state index is 4.26. The molecular formula is C11H19N3. The molecule has 0 radical (unpaired) electrons. The lowest BCUT2D eigenvalue weighted by Crippen LogP contribution is -2.12. The van der Waals surface area contributed by atoms with Crippen LogP contribution in [0.25, 0.3) is 6.08 Å². The van der Waals surface area contributed by atoms with Gasteiger partial charge in [0.2, 0.25) is 0 Å². The highest BCUT2D eigenvalue weighted by Crippen LogP contribution is 2.00. The van der Waals surface area contributed by atoms with Crippen molar-refractivity contribution < 1.29 is 0 Å². The van der Waals surface area contributed by atoms with E-state index in [0.29, 0.717) is 0 Å². The van der Waals surface area contributed by atoms with Gasteiger partial charge in [0, 0.05) is 18.9 Å². The first-order valence-corrected chi connectivity index (χ1v) is 5.26. The van der Waals surface area contributed by atoms with Gasteiger partial charge in [0.1, 0.15) is 5.82 Å². The van der Waals surface area contributed by atoms with Crippen LogP contribution in [0.4, 0.5) is 0 Å². The molecule has 0 fully saturated rings. The number of nitrogens with zero attached hydrogens (tertiary/aromatic N) is 2. The maximum atomic E-state index is 4.26. The quantitative estimate of drug-likeness (QED) is 0.699. The Morgan fingerprint density at radius 3 is 3.07 bits per heavy atom. The van der Waals surface area contributed by atoms with Crippen molar-refractivity contribution in [2.24, 2.45) is 0 Å². The van der Waals surface area contributed by atoms with Crippen molar-refractivity contribution in [3.05, 3.63) is 24.3 Å². The number of imidazole rings is 1. The Morgan fingerprint density at radius 2 is 2.36 bits per heavy atom. The molecule has 1 heterocycles. The standard InChI is InChI=1S/C11H19N3/c1-3-12-8-6-5-7-11-13-9-10-14(11)4-2/h5,7,9-10,12H,3-4,6,8H2,1-2H3. The van der Waals surface area contributed by atoms with E-state index in [2.05, 4.69) is 40.9 Å². The third kappa shape index (κ3) is 3.34. The molecule has 0 saturated heterocycles. The first-order chi connectivity index (χ1) is 6.88. The Balaban J connectivity index is 2.35. The molecule has 0 bridgehead atoms. The average molecular weight is 193 g/mol. The van der Waals surface area contributed by atoms with E-state index in [0.717, 1.165) is 31.9 Å². The molecule has 0 unspecified atom stereocenters. The zero-order chi connectivity index (χ0) is 10.2. The third-order valence-electron chi connectivity index (χ3n) is 2.09. The first-order valence-electron chi connectivity index (χ1n) is 5.26. The van der Waals surface area contributed by atoms with Gasteiger partial charge in [0.25, 0.3) is 0 Å². The summed E-state index contributed by atoms with van der Waals surface area (Å²) in [6.07, 6.45) is 9.15. The van der Waals surface area contributed by atoms with Crippen LogP contribution in [0, 0.1) is 0 Å². The van der Waals surface area contributed by atoms with Crippen LogP contribution in [0.3, 0.4) is 0 Å². The summed E-state index contributed by atoms with van der Waals surface area (Å²) in [6.45, 7) is 7.30. The highest BCUT2D eigenvalue weighted by Gasteiger charge is 1.93. The van der Waals surface area contributed by atoms with Crippen molar-refractivity contribution >= 4 is 6.08 Å². The molecule has 3 nitrogen and oxygen atoms in total. The van der Waals surface area contributed by atoms with E-state index < -0.39 is 0 Å². The van der Waals surface area contributed by atoms with Gasteiger partial charge in [-0.05, 0) is 32.5 Å². The largest absolute Gasteiger partial charge is 0.332 e. The van der Waals surface area contributed by atoms with E-state index in [9.17, 15) is 0 Å². The van der Waals surface area contributed by atoms with E-state index in [1.165, 1.54) is 0 Å². The third-order valence-corrected chi connectivity index (χ3v) is 2.09. The van der Waals surface area contributed by atoms with Gasteiger partial charge < -0.3 is 9.88 Å². The fourth-order valence-electron chi connectivity index (χ4n) is 1.30. The highest BCUT2D eigenvalue weighted by molar-refractivity contribution is 5.40. The van der Waals surface area contributed by atoms with Gasteiger partial charge in [0.15, 0.2) is 0 Å². The van der Waals surface area contributed by atoms with Gasteiger partial charge >= 0.3 is 0 Å². The predicted octanol–water partition coefficient (Wildman–Crippen LogP) is 1.92. The maximum Gasteiger partial charge on any atom is 0.132 e. The van der Waals surface area contributed by atoms with Crippen LogP contribution in [-0.2, 0) is 6.54 Å². The van der Waals surface area contributed by atoms with E-state index in [4.69, 9.17) is 0 Å². The molecule has 0 aliphatic carbocycles. The predicted molar refractivity (Wildman–Crippen MR) is 60.1 cm³/mol. The molecule has 0 amide bonds.